The van der Waals surface area contributed by atoms with E-state index in [0.717, 1.165) is 30.9 Å². The fourth-order valence-electron chi connectivity index (χ4n) is 2.81. The average molecular weight is 389 g/mol. The first-order valence-corrected chi connectivity index (χ1v) is 10.9. The molecule has 0 radical (unpaired) electrons. The van der Waals surface area contributed by atoms with Crippen LogP contribution in [-0.4, -0.2) is 64.6 Å². The summed E-state index contributed by atoms with van der Waals surface area (Å²) >= 11 is 1.85. The number of rotatable bonds is 5. The highest BCUT2D eigenvalue weighted by atomic mass is 32.2. The molecule has 0 aliphatic carbocycles. The maximum absolute atomic E-state index is 14.5. The van der Waals surface area contributed by atoms with E-state index in [-0.39, 0.29) is 18.9 Å². The second-order valence-electron chi connectivity index (χ2n) is 5.97. The molecule has 1 aromatic carbocycles. The number of carbonyl (C=O) groups excluding carboxylic acids is 1. The molecule has 0 saturated carbocycles. The molecule has 2 aliphatic rings. The van der Waals surface area contributed by atoms with Crippen molar-refractivity contribution < 1.29 is 22.3 Å². The normalized spacial score (nSPS) is 21.5. The van der Waals surface area contributed by atoms with Crippen LogP contribution in [0.1, 0.15) is 0 Å². The van der Waals surface area contributed by atoms with Crippen molar-refractivity contribution in [3.05, 3.63) is 24.0 Å². The van der Waals surface area contributed by atoms with Gasteiger partial charge in [0.05, 0.1) is 24.2 Å². The fraction of sp³-hybridized carbons (Fsp3) is 0.533. The first kappa shape index (κ1) is 18.3. The van der Waals surface area contributed by atoms with Gasteiger partial charge in [0.25, 0.3) is 0 Å². The van der Waals surface area contributed by atoms with Crippen LogP contribution in [0.4, 0.5) is 20.6 Å². The molecule has 7 nitrogen and oxygen atoms in total. The molecule has 25 heavy (non-hydrogen) atoms. The summed E-state index contributed by atoms with van der Waals surface area (Å²) in [5, 5.41) is 0. The van der Waals surface area contributed by atoms with E-state index in [4.69, 9.17) is 4.74 Å². The van der Waals surface area contributed by atoms with Crippen molar-refractivity contribution in [1.29, 1.82) is 0 Å². The number of hydrogen-bond donors (Lipinski definition) is 1. The number of sulfonamides is 1. The van der Waals surface area contributed by atoms with Gasteiger partial charge in [0.2, 0.25) is 10.0 Å². The van der Waals surface area contributed by atoms with Crippen LogP contribution in [0, 0.1) is 5.82 Å². The van der Waals surface area contributed by atoms with E-state index in [1.165, 1.54) is 11.0 Å². The summed E-state index contributed by atoms with van der Waals surface area (Å²) < 4.78 is 44.2. The van der Waals surface area contributed by atoms with Gasteiger partial charge >= 0.3 is 6.09 Å². The summed E-state index contributed by atoms with van der Waals surface area (Å²) in [4.78, 5) is 15.3. The van der Waals surface area contributed by atoms with Crippen molar-refractivity contribution in [1.82, 2.24) is 4.72 Å². The van der Waals surface area contributed by atoms with Crippen LogP contribution in [0.5, 0.6) is 0 Å². The second kappa shape index (κ2) is 7.38. The molecular weight excluding hydrogens is 369 g/mol. The molecule has 10 heteroatoms. The molecule has 0 bridgehead atoms. The van der Waals surface area contributed by atoms with Gasteiger partial charge in [-0.05, 0) is 18.2 Å². The number of ether oxygens (including phenoxy) is 1. The van der Waals surface area contributed by atoms with Gasteiger partial charge in [-0.1, -0.05) is 0 Å². The van der Waals surface area contributed by atoms with E-state index < -0.39 is 22.2 Å². The van der Waals surface area contributed by atoms with Crippen molar-refractivity contribution in [2.75, 3.05) is 53.7 Å². The van der Waals surface area contributed by atoms with E-state index >= 15 is 0 Å². The van der Waals surface area contributed by atoms with Gasteiger partial charge in [0.1, 0.15) is 11.9 Å². The summed E-state index contributed by atoms with van der Waals surface area (Å²) in [6.45, 7) is 1.76. The zero-order valence-corrected chi connectivity index (χ0v) is 15.4. The monoisotopic (exact) mass is 389 g/mol. The maximum atomic E-state index is 14.5. The lowest BCUT2D eigenvalue weighted by Crippen LogP contribution is -2.34. The van der Waals surface area contributed by atoms with E-state index in [9.17, 15) is 17.6 Å². The van der Waals surface area contributed by atoms with Crippen LogP contribution >= 0.6 is 11.8 Å². The Morgan fingerprint density at radius 2 is 2.08 bits per heavy atom. The van der Waals surface area contributed by atoms with Gasteiger partial charge < -0.3 is 9.64 Å². The number of benzene rings is 1. The number of halogens is 1. The first-order valence-electron chi connectivity index (χ1n) is 7.88. The Bertz CT molecular complexity index is 753. The molecule has 1 aromatic rings. The third-order valence-corrected chi connectivity index (χ3v) is 5.68. The Morgan fingerprint density at radius 3 is 2.72 bits per heavy atom. The molecule has 1 amide bonds. The van der Waals surface area contributed by atoms with Crippen molar-refractivity contribution >= 4 is 39.3 Å². The number of cyclic esters (lactones) is 1. The lowest BCUT2D eigenvalue weighted by atomic mass is 10.2. The van der Waals surface area contributed by atoms with Gasteiger partial charge in [0, 0.05) is 31.1 Å². The molecule has 138 valence electrons. The predicted octanol–water partition coefficient (Wildman–Crippen LogP) is 1.25. The summed E-state index contributed by atoms with van der Waals surface area (Å²) in [5.74, 6) is 1.55. The number of anilines is 2. The Hall–Kier alpha value is -1.52. The molecule has 2 fully saturated rings. The Balaban J connectivity index is 1.69. The van der Waals surface area contributed by atoms with Crippen molar-refractivity contribution in [3.63, 3.8) is 0 Å². The van der Waals surface area contributed by atoms with Gasteiger partial charge in [-0.15, -0.1) is 0 Å². The van der Waals surface area contributed by atoms with Crippen molar-refractivity contribution in [2.45, 2.75) is 6.10 Å². The van der Waals surface area contributed by atoms with Crippen LogP contribution < -0.4 is 14.5 Å². The summed E-state index contributed by atoms with van der Waals surface area (Å²) in [7, 11) is -3.36. The smallest absolute Gasteiger partial charge is 0.414 e. The average Bonchev–Trinajstić information content (AvgIpc) is 2.94. The highest BCUT2D eigenvalue weighted by molar-refractivity contribution is 7.99. The lowest BCUT2D eigenvalue weighted by Gasteiger charge is -2.29. The molecule has 0 unspecified atom stereocenters. The molecule has 1 N–H and O–H groups in total. The molecule has 0 spiro atoms. The zero-order chi connectivity index (χ0) is 18.0. The summed E-state index contributed by atoms with van der Waals surface area (Å²) in [6, 6.07) is 4.69. The minimum atomic E-state index is -3.36. The Kier molecular flexibility index (Phi) is 5.40. The van der Waals surface area contributed by atoms with E-state index in [1.807, 2.05) is 16.7 Å². The predicted molar refractivity (Wildman–Crippen MR) is 96.4 cm³/mol. The third-order valence-electron chi connectivity index (χ3n) is 4.04. The second-order valence-corrected chi connectivity index (χ2v) is 9.03. The maximum Gasteiger partial charge on any atom is 0.414 e. The fourth-order valence-corrected chi connectivity index (χ4v) is 4.20. The number of amides is 1. The van der Waals surface area contributed by atoms with Gasteiger partial charge in [-0.2, -0.15) is 11.8 Å². The van der Waals surface area contributed by atoms with Gasteiger partial charge in [0.15, 0.2) is 0 Å². The molecule has 3 rings (SSSR count). The van der Waals surface area contributed by atoms with Crippen LogP contribution in [-0.2, 0) is 14.8 Å². The topological polar surface area (TPSA) is 79.0 Å². The van der Waals surface area contributed by atoms with Crippen LogP contribution in [0.2, 0.25) is 0 Å². The molecule has 2 heterocycles. The highest BCUT2D eigenvalue weighted by Crippen LogP contribution is 2.29. The quantitative estimate of drug-likeness (QED) is 0.817. The van der Waals surface area contributed by atoms with Crippen LogP contribution in [0.3, 0.4) is 0 Å². The standard InChI is InChI=1S/C15H20FN3O4S2/c1-25(21,22)17-9-12-10-19(15(20)23-12)11-2-3-14(13(16)8-11)18-4-6-24-7-5-18/h2-3,8,12,17H,4-7,9-10H2,1H3/t12-/m0/s1. The molecule has 1 atom stereocenters. The van der Waals surface area contributed by atoms with Crippen molar-refractivity contribution in [2.24, 2.45) is 0 Å². The largest absolute Gasteiger partial charge is 0.443 e. The third kappa shape index (κ3) is 4.56. The van der Waals surface area contributed by atoms with Gasteiger partial charge in [-0.25, -0.2) is 22.3 Å². The van der Waals surface area contributed by atoms with Gasteiger partial charge in [-0.3, -0.25) is 4.90 Å². The molecule has 2 aliphatic heterocycles. The first-order chi connectivity index (χ1) is 11.8. The number of hydrogen-bond acceptors (Lipinski definition) is 6. The van der Waals surface area contributed by atoms with E-state index in [1.54, 1.807) is 12.1 Å². The SMILES string of the molecule is CS(=O)(=O)NC[C@H]1CN(c2ccc(N3CCSCC3)c(F)c2)C(=O)O1. The highest BCUT2D eigenvalue weighted by Gasteiger charge is 2.33. The van der Waals surface area contributed by atoms with Crippen LogP contribution in [0.25, 0.3) is 0 Å². The van der Waals surface area contributed by atoms with E-state index in [0.29, 0.717) is 11.4 Å². The number of thioether (sulfide) groups is 1. The minimum absolute atomic E-state index is 0.00686. The number of nitrogens with zero attached hydrogens (tertiary/aromatic N) is 2. The van der Waals surface area contributed by atoms with Crippen molar-refractivity contribution in [3.8, 4) is 0 Å². The Morgan fingerprint density at radius 1 is 1.36 bits per heavy atom. The van der Waals surface area contributed by atoms with Crippen LogP contribution in [0.15, 0.2) is 18.2 Å². The minimum Gasteiger partial charge on any atom is -0.443 e. The Labute approximate surface area is 150 Å². The lowest BCUT2D eigenvalue weighted by molar-refractivity contribution is 0.143. The number of nitrogens with one attached hydrogen (secondary N) is 1. The molecular formula is C15H20FN3O4S2. The van der Waals surface area contributed by atoms with E-state index in [2.05, 4.69) is 4.72 Å². The number of carbonyl (C=O) groups is 1. The molecule has 2 saturated heterocycles. The summed E-state index contributed by atoms with van der Waals surface area (Å²) in [5.41, 5.74) is 0.936. The zero-order valence-electron chi connectivity index (χ0n) is 13.8. The molecule has 0 aromatic heterocycles. The summed E-state index contributed by atoms with van der Waals surface area (Å²) in [6.07, 6.45) is -0.180.